The number of carbonyl (C=O) groups excluding carboxylic acids is 2. The molecule has 1 saturated carbocycles. The molecule has 0 bridgehead atoms. The number of thiophene rings is 1. The van der Waals surface area contributed by atoms with Gasteiger partial charge in [-0.15, -0.1) is 11.3 Å². The fraction of sp³-hybridized carbons (Fsp3) is 0.400. The van der Waals surface area contributed by atoms with Gasteiger partial charge in [-0.3, -0.25) is 9.69 Å². The summed E-state index contributed by atoms with van der Waals surface area (Å²) < 4.78 is 18.8. The molecule has 7 heteroatoms. The lowest BCUT2D eigenvalue weighted by molar-refractivity contribution is -0.117. The number of benzene rings is 1. The van der Waals surface area contributed by atoms with Crippen molar-refractivity contribution in [3.63, 3.8) is 0 Å². The number of nitrogens with one attached hydrogen (secondary N) is 1. The van der Waals surface area contributed by atoms with Gasteiger partial charge in [0.15, 0.2) is 0 Å². The summed E-state index contributed by atoms with van der Waals surface area (Å²) in [4.78, 5) is 27.6. The summed E-state index contributed by atoms with van der Waals surface area (Å²) in [5, 5.41) is 3.35. The Morgan fingerprint density at radius 2 is 2.00 bits per heavy atom. The first kappa shape index (κ1) is 19.5. The zero-order valence-corrected chi connectivity index (χ0v) is 16.5. The fourth-order valence-electron chi connectivity index (χ4n) is 3.01. The lowest BCUT2D eigenvalue weighted by Crippen LogP contribution is -2.34. The molecule has 5 nitrogen and oxygen atoms in total. The van der Waals surface area contributed by atoms with Crippen LogP contribution >= 0.6 is 11.3 Å². The molecule has 0 atom stereocenters. The van der Waals surface area contributed by atoms with E-state index in [1.807, 2.05) is 18.7 Å². The Morgan fingerprint density at radius 3 is 2.63 bits per heavy atom. The highest BCUT2D eigenvalue weighted by molar-refractivity contribution is 7.16. The van der Waals surface area contributed by atoms with Crippen LogP contribution in [0.2, 0.25) is 0 Å². The number of aryl methyl sites for hydroxylation is 1. The maximum atomic E-state index is 14.0. The van der Waals surface area contributed by atoms with E-state index >= 15 is 0 Å². The van der Waals surface area contributed by atoms with Crippen molar-refractivity contribution in [1.29, 1.82) is 0 Å². The van der Waals surface area contributed by atoms with Crippen molar-refractivity contribution in [2.75, 3.05) is 19.0 Å². The third-order valence-corrected chi connectivity index (χ3v) is 5.89. The van der Waals surface area contributed by atoms with Crippen LogP contribution in [0.4, 0.5) is 9.39 Å². The van der Waals surface area contributed by atoms with Crippen LogP contribution in [0.1, 0.15) is 39.2 Å². The molecular formula is C20H23FN2O3S. The van der Waals surface area contributed by atoms with E-state index in [2.05, 4.69) is 5.32 Å². The molecule has 0 aliphatic heterocycles. The Labute approximate surface area is 162 Å². The van der Waals surface area contributed by atoms with Crippen molar-refractivity contribution in [3.05, 3.63) is 51.7 Å². The van der Waals surface area contributed by atoms with E-state index in [9.17, 15) is 14.0 Å². The SMILES string of the molecule is COC(=O)c1c(NC(=O)CN(Cc2ccccc2F)C2CC2)sc(C)c1C. The highest BCUT2D eigenvalue weighted by Gasteiger charge is 2.31. The Bertz CT molecular complexity index is 861. The number of methoxy groups -OCH3 is 1. The van der Waals surface area contributed by atoms with Gasteiger partial charge in [0.05, 0.1) is 19.2 Å². The second-order valence-electron chi connectivity index (χ2n) is 6.75. The molecule has 1 amide bonds. The summed E-state index contributed by atoms with van der Waals surface area (Å²) >= 11 is 1.36. The van der Waals surface area contributed by atoms with E-state index in [1.54, 1.807) is 18.2 Å². The van der Waals surface area contributed by atoms with Gasteiger partial charge in [-0.25, -0.2) is 9.18 Å². The molecule has 144 valence electrons. The van der Waals surface area contributed by atoms with Gasteiger partial charge < -0.3 is 10.1 Å². The van der Waals surface area contributed by atoms with Gasteiger partial charge in [0.2, 0.25) is 5.91 Å². The Morgan fingerprint density at radius 1 is 1.30 bits per heavy atom. The molecule has 1 aromatic heterocycles. The van der Waals surface area contributed by atoms with Gasteiger partial charge in [-0.05, 0) is 38.3 Å². The first-order valence-corrected chi connectivity index (χ1v) is 9.68. The molecule has 1 aliphatic carbocycles. The Balaban J connectivity index is 1.72. The number of rotatable bonds is 7. The number of hydrogen-bond acceptors (Lipinski definition) is 5. The van der Waals surface area contributed by atoms with Crippen LogP contribution in [-0.4, -0.2) is 36.5 Å². The standard InChI is InChI=1S/C20H23FN2O3S/c1-12-13(2)27-19(18(12)20(25)26-3)22-17(24)11-23(15-8-9-15)10-14-6-4-5-7-16(14)21/h4-7,15H,8-11H2,1-3H3,(H,22,24). The number of nitrogens with zero attached hydrogens (tertiary/aromatic N) is 1. The van der Waals surface area contributed by atoms with Gasteiger partial charge in [-0.2, -0.15) is 0 Å². The van der Waals surface area contributed by atoms with Gasteiger partial charge in [0.25, 0.3) is 0 Å². The molecular weight excluding hydrogens is 367 g/mol. The number of halogens is 1. The number of hydrogen-bond donors (Lipinski definition) is 1. The third-order valence-electron chi connectivity index (χ3n) is 4.77. The number of amides is 1. The van der Waals surface area contributed by atoms with Crippen LogP contribution in [0.5, 0.6) is 0 Å². The van der Waals surface area contributed by atoms with Gasteiger partial charge in [0, 0.05) is 23.0 Å². The number of ether oxygens (including phenoxy) is 1. The van der Waals surface area contributed by atoms with Crippen LogP contribution in [0.15, 0.2) is 24.3 Å². The maximum Gasteiger partial charge on any atom is 0.341 e. The molecule has 1 N–H and O–H groups in total. The molecule has 3 rings (SSSR count). The highest BCUT2D eigenvalue weighted by atomic mass is 32.1. The average Bonchev–Trinajstić information content (AvgIpc) is 3.43. The second-order valence-corrected chi connectivity index (χ2v) is 7.98. The predicted molar refractivity (Wildman–Crippen MR) is 104 cm³/mol. The smallest absolute Gasteiger partial charge is 0.341 e. The molecule has 27 heavy (non-hydrogen) atoms. The zero-order valence-electron chi connectivity index (χ0n) is 15.7. The largest absolute Gasteiger partial charge is 0.465 e. The van der Waals surface area contributed by atoms with Crippen LogP contribution in [0, 0.1) is 19.7 Å². The van der Waals surface area contributed by atoms with Crippen molar-refractivity contribution < 1.29 is 18.7 Å². The number of anilines is 1. The summed E-state index contributed by atoms with van der Waals surface area (Å²) in [5.41, 5.74) is 1.79. The van der Waals surface area contributed by atoms with E-state index in [0.29, 0.717) is 28.7 Å². The fourth-order valence-corrected chi connectivity index (χ4v) is 4.08. The van der Waals surface area contributed by atoms with Gasteiger partial charge in [0.1, 0.15) is 10.8 Å². The molecule has 1 heterocycles. The topological polar surface area (TPSA) is 58.6 Å². The Kier molecular flexibility index (Phi) is 5.92. The van der Waals surface area contributed by atoms with Crippen molar-refractivity contribution in [2.45, 2.75) is 39.3 Å². The molecule has 2 aromatic rings. The molecule has 1 aromatic carbocycles. The van der Waals surface area contributed by atoms with Crippen LogP contribution in [0.25, 0.3) is 0 Å². The van der Waals surface area contributed by atoms with E-state index in [-0.39, 0.29) is 18.3 Å². The Hall–Kier alpha value is -2.25. The summed E-state index contributed by atoms with van der Waals surface area (Å²) in [5.74, 6) is -0.941. The minimum absolute atomic E-state index is 0.148. The third kappa shape index (κ3) is 4.54. The van der Waals surface area contributed by atoms with E-state index in [4.69, 9.17) is 4.74 Å². The summed E-state index contributed by atoms with van der Waals surface area (Å²) in [6.07, 6.45) is 2.01. The monoisotopic (exact) mass is 390 g/mol. The number of esters is 1. The highest BCUT2D eigenvalue weighted by Crippen LogP contribution is 2.33. The molecule has 1 aliphatic rings. The molecule has 1 fully saturated rings. The quantitative estimate of drug-likeness (QED) is 0.729. The van der Waals surface area contributed by atoms with Crippen molar-refractivity contribution >= 4 is 28.2 Å². The van der Waals surface area contributed by atoms with Crippen LogP contribution in [0.3, 0.4) is 0 Å². The summed E-state index contributed by atoms with van der Waals surface area (Å²) in [6, 6.07) is 6.92. The lowest BCUT2D eigenvalue weighted by atomic mass is 10.1. The predicted octanol–water partition coefficient (Wildman–Crippen LogP) is 3.89. The molecule has 0 spiro atoms. The molecule has 0 radical (unpaired) electrons. The summed E-state index contributed by atoms with van der Waals surface area (Å²) in [6.45, 7) is 4.27. The van der Waals surface area contributed by atoms with Gasteiger partial charge in [-0.1, -0.05) is 18.2 Å². The van der Waals surface area contributed by atoms with Crippen molar-refractivity contribution in [3.8, 4) is 0 Å². The van der Waals surface area contributed by atoms with Crippen LogP contribution < -0.4 is 5.32 Å². The lowest BCUT2D eigenvalue weighted by Gasteiger charge is -2.21. The van der Waals surface area contributed by atoms with Crippen LogP contribution in [-0.2, 0) is 16.1 Å². The summed E-state index contributed by atoms with van der Waals surface area (Å²) in [7, 11) is 1.32. The first-order chi connectivity index (χ1) is 12.9. The minimum atomic E-state index is -0.461. The average molecular weight is 390 g/mol. The molecule has 0 saturated heterocycles. The first-order valence-electron chi connectivity index (χ1n) is 8.86. The maximum absolute atomic E-state index is 14.0. The zero-order chi connectivity index (χ0) is 19.6. The minimum Gasteiger partial charge on any atom is -0.465 e. The van der Waals surface area contributed by atoms with Crippen molar-refractivity contribution in [1.82, 2.24) is 4.90 Å². The van der Waals surface area contributed by atoms with Gasteiger partial charge >= 0.3 is 5.97 Å². The van der Waals surface area contributed by atoms with E-state index in [0.717, 1.165) is 23.3 Å². The van der Waals surface area contributed by atoms with E-state index < -0.39 is 5.97 Å². The van der Waals surface area contributed by atoms with Crippen molar-refractivity contribution in [2.24, 2.45) is 0 Å². The number of carbonyl (C=O) groups is 2. The normalized spacial score (nSPS) is 13.7. The second kappa shape index (κ2) is 8.19. The molecule has 0 unspecified atom stereocenters. The van der Waals surface area contributed by atoms with E-state index in [1.165, 1.54) is 24.5 Å².